The molecule has 1 aliphatic rings. The summed E-state index contributed by atoms with van der Waals surface area (Å²) < 4.78 is 5.36. The molecule has 1 heterocycles. The standard InChI is InChI=1S/C16H23N3O3/c1-2-11-5-6-12(10-13(11)19-15(20)7-8-17)18-16(21)14-4-3-9-22-14/h5-6,10,14H,2-4,7-9,17H2,1H3,(H,18,21)(H,19,20). The summed E-state index contributed by atoms with van der Waals surface area (Å²) in [7, 11) is 0. The maximum absolute atomic E-state index is 12.1. The van der Waals surface area contributed by atoms with Gasteiger partial charge in [0.25, 0.3) is 5.91 Å². The van der Waals surface area contributed by atoms with Crippen molar-refractivity contribution < 1.29 is 14.3 Å². The fourth-order valence-corrected chi connectivity index (χ4v) is 2.43. The van der Waals surface area contributed by atoms with E-state index >= 15 is 0 Å². The molecule has 1 aliphatic heterocycles. The van der Waals surface area contributed by atoms with E-state index in [0.717, 1.165) is 24.8 Å². The van der Waals surface area contributed by atoms with Crippen molar-refractivity contribution in [3.05, 3.63) is 23.8 Å². The van der Waals surface area contributed by atoms with Crippen LogP contribution in [0.3, 0.4) is 0 Å². The molecule has 120 valence electrons. The zero-order chi connectivity index (χ0) is 15.9. The predicted molar refractivity (Wildman–Crippen MR) is 85.7 cm³/mol. The van der Waals surface area contributed by atoms with Crippen LogP contribution in [0.4, 0.5) is 11.4 Å². The molecule has 0 radical (unpaired) electrons. The molecule has 4 N–H and O–H groups in total. The van der Waals surface area contributed by atoms with Crippen LogP contribution >= 0.6 is 0 Å². The van der Waals surface area contributed by atoms with Gasteiger partial charge in [0.1, 0.15) is 6.10 Å². The van der Waals surface area contributed by atoms with Crippen molar-refractivity contribution in [2.24, 2.45) is 5.73 Å². The maximum Gasteiger partial charge on any atom is 0.253 e. The van der Waals surface area contributed by atoms with Crippen molar-refractivity contribution >= 4 is 23.2 Å². The van der Waals surface area contributed by atoms with Crippen LogP contribution in [-0.4, -0.2) is 31.1 Å². The normalized spacial score (nSPS) is 17.3. The lowest BCUT2D eigenvalue weighted by molar-refractivity contribution is -0.124. The molecule has 0 spiro atoms. The number of anilines is 2. The number of amides is 2. The summed E-state index contributed by atoms with van der Waals surface area (Å²) in [6.45, 7) is 2.95. The first-order chi connectivity index (χ1) is 10.6. The number of rotatable bonds is 6. The van der Waals surface area contributed by atoms with E-state index in [-0.39, 0.29) is 24.3 Å². The Labute approximate surface area is 130 Å². The Hall–Kier alpha value is -1.92. The third kappa shape index (κ3) is 4.29. The van der Waals surface area contributed by atoms with E-state index in [1.54, 1.807) is 6.07 Å². The van der Waals surface area contributed by atoms with E-state index in [0.29, 0.717) is 24.5 Å². The molecule has 1 aromatic rings. The average Bonchev–Trinajstić information content (AvgIpc) is 3.02. The van der Waals surface area contributed by atoms with Gasteiger partial charge in [-0.2, -0.15) is 0 Å². The van der Waals surface area contributed by atoms with E-state index in [9.17, 15) is 9.59 Å². The molecular weight excluding hydrogens is 282 g/mol. The number of hydrogen-bond donors (Lipinski definition) is 3. The summed E-state index contributed by atoms with van der Waals surface area (Å²) in [4.78, 5) is 23.8. The van der Waals surface area contributed by atoms with Gasteiger partial charge in [-0.05, 0) is 37.0 Å². The first-order valence-corrected chi connectivity index (χ1v) is 7.69. The third-order valence-electron chi connectivity index (χ3n) is 3.63. The van der Waals surface area contributed by atoms with Gasteiger partial charge in [0.05, 0.1) is 0 Å². The number of carbonyl (C=O) groups is 2. The molecule has 6 heteroatoms. The van der Waals surface area contributed by atoms with Crippen LogP contribution in [0.15, 0.2) is 18.2 Å². The first-order valence-electron chi connectivity index (χ1n) is 7.69. The lowest BCUT2D eigenvalue weighted by Gasteiger charge is -2.14. The number of nitrogens with two attached hydrogens (primary N) is 1. The molecule has 2 rings (SSSR count). The molecule has 0 saturated carbocycles. The van der Waals surface area contributed by atoms with Gasteiger partial charge in [-0.3, -0.25) is 9.59 Å². The largest absolute Gasteiger partial charge is 0.368 e. The molecule has 1 atom stereocenters. The Morgan fingerprint density at radius 1 is 1.36 bits per heavy atom. The van der Waals surface area contributed by atoms with Gasteiger partial charge in [-0.15, -0.1) is 0 Å². The highest BCUT2D eigenvalue weighted by Crippen LogP contribution is 2.23. The molecule has 0 aromatic heterocycles. The number of carbonyl (C=O) groups excluding carboxylic acids is 2. The van der Waals surface area contributed by atoms with E-state index in [1.807, 2.05) is 19.1 Å². The van der Waals surface area contributed by atoms with Gasteiger partial charge in [0.15, 0.2) is 0 Å². The lowest BCUT2D eigenvalue weighted by Crippen LogP contribution is -2.27. The lowest BCUT2D eigenvalue weighted by atomic mass is 10.1. The van der Waals surface area contributed by atoms with Crippen molar-refractivity contribution in [3.8, 4) is 0 Å². The predicted octanol–water partition coefficient (Wildman–Crippen LogP) is 1.65. The van der Waals surface area contributed by atoms with E-state index in [2.05, 4.69) is 10.6 Å². The Kier molecular flexibility index (Phi) is 5.91. The van der Waals surface area contributed by atoms with Gasteiger partial charge < -0.3 is 21.1 Å². The van der Waals surface area contributed by atoms with Crippen molar-refractivity contribution in [1.29, 1.82) is 0 Å². The topological polar surface area (TPSA) is 93.5 Å². The van der Waals surface area contributed by atoms with Crippen molar-refractivity contribution in [2.45, 2.75) is 38.7 Å². The highest BCUT2D eigenvalue weighted by Gasteiger charge is 2.23. The fourth-order valence-electron chi connectivity index (χ4n) is 2.43. The van der Waals surface area contributed by atoms with E-state index in [4.69, 9.17) is 10.5 Å². The van der Waals surface area contributed by atoms with Gasteiger partial charge in [0.2, 0.25) is 5.91 Å². The zero-order valence-corrected chi connectivity index (χ0v) is 12.9. The molecule has 0 aliphatic carbocycles. The molecule has 1 saturated heterocycles. The zero-order valence-electron chi connectivity index (χ0n) is 12.9. The SMILES string of the molecule is CCc1ccc(NC(=O)C2CCCO2)cc1NC(=O)CCN. The van der Waals surface area contributed by atoms with Gasteiger partial charge in [-0.25, -0.2) is 0 Å². The second-order valence-corrected chi connectivity index (χ2v) is 5.30. The highest BCUT2D eigenvalue weighted by molar-refractivity contribution is 5.96. The number of ether oxygens (including phenoxy) is 1. The van der Waals surface area contributed by atoms with Gasteiger partial charge in [-0.1, -0.05) is 13.0 Å². The minimum absolute atomic E-state index is 0.125. The molecule has 1 aromatic carbocycles. The number of nitrogens with one attached hydrogen (secondary N) is 2. The summed E-state index contributed by atoms with van der Waals surface area (Å²) in [5, 5.41) is 5.68. The summed E-state index contributed by atoms with van der Waals surface area (Å²) >= 11 is 0. The minimum Gasteiger partial charge on any atom is -0.368 e. The smallest absolute Gasteiger partial charge is 0.253 e. The minimum atomic E-state index is -0.374. The Bertz CT molecular complexity index is 539. The van der Waals surface area contributed by atoms with Crippen LogP contribution in [0.2, 0.25) is 0 Å². The quantitative estimate of drug-likeness (QED) is 0.745. The summed E-state index contributed by atoms with van der Waals surface area (Å²) in [5.74, 6) is -0.263. The second-order valence-electron chi connectivity index (χ2n) is 5.30. The van der Waals surface area contributed by atoms with Crippen molar-refractivity contribution in [3.63, 3.8) is 0 Å². The Balaban J connectivity index is 2.08. The Morgan fingerprint density at radius 3 is 2.82 bits per heavy atom. The second kappa shape index (κ2) is 7.91. The van der Waals surface area contributed by atoms with E-state index < -0.39 is 0 Å². The molecule has 6 nitrogen and oxygen atoms in total. The van der Waals surface area contributed by atoms with Gasteiger partial charge >= 0.3 is 0 Å². The van der Waals surface area contributed by atoms with Crippen LogP contribution in [0.1, 0.15) is 31.7 Å². The van der Waals surface area contributed by atoms with Gasteiger partial charge in [0, 0.05) is 30.9 Å². The molecule has 1 unspecified atom stereocenters. The first kappa shape index (κ1) is 16.5. The van der Waals surface area contributed by atoms with E-state index in [1.165, 1.54) is 0 Å². The van der Waals surface area contributed by atoms with Crippen molar-refractivity contribution in [2.75, 3.05) is 23.8 Å². The van der Waals surface area contributed by atoms with Crippen molar-refractivity contribution in [1.82, 2.24) is 0 Å². The highest BCUT2D eigenvalue weighted by atomic mass is 16.5. The average molecular weight is 305 g/mol. The molecular formula is C16H23N3O3. The monoisotopic (exact) mass is 305 g/mol. The number of hydrogen-bond acceptors (Lipinski definition) is 4. The third-order valence-corrected chi connectivity index (χ3v) is 3.63. The maximum atomic E-state index is 12.1. The van der Waals surface area contributed by atoms with Crippen LogP contribution in [0, 0.1) is 0 Å². The number of aryl methyl sites for hydroxylation is 1. The molecule has 0 bridgehead atoms. The summed E-state index contributed by atoms with van der Waals surface area (Å²) in [6.07, 6.45) is 2.35. The van der Waals surface area contributed by atoms with Crippen LogP contribution in [0.25, 0.3) is 0 Å². The molecule has 22 heavy (non-hydrogen) atoms. The molecule has 1 fully saturated rings. The van der Waals surface area contributed by atoms with Crippen LogP contribution in [-0.2, 0) is 20.7 Å². The van der Waals surface area contributed by atoms with Crippen LogP contribution in [0.5, 0.6) is 0 Å². The summed E-state index contributed by atoms with van der Waals surface area (Å²) in [5.41, 5.74) is 7.77. The Morgan fingerprint density at radius 2 is 2.18 bits per heavy atom. The van der Waals surface area contributed by atoms with Crippen LogP contribution < -0.4 is 16.4 Å². The molecule has 2 amide bonds. The number of benzene rings is 1. The summed E-state index contributed by atoms with van der Waals surface area (Å²) in [6, 6.07) is 5.52. The fraction of sp³-hybridized carbons (Fsp3) is 0.500.